The summed E-state index contributed by atoms with van der Waals surface area (Å²) in [5.41, 5.74) is -0.0376. The number of amides is 1. The Kier molecular flexibility index (Phi) is 1.72. The average molecular weight is 170 g/mol. The highest BCUT2D eigenvalue weighted by Crippen LogP contribution is 2.35. The van der Waals surface area contributed by atoms with Gasteiger partial charge in [0.1, 0.15) is 0 Å². The van der Waals surface area contributed by atoms with Crippen LogP contribution in [0.15, 0.2) is 0 Å². The van der Waals surface area contributed by atoms with Crippen LogP contribution in [0.3, 0.4) is 0 Å². The molecule has 0 aromatic carbocycles. The molecule has 2 fully saturated rings. The van der Waals surface area contributed by atoms with Gasteiger partial charge < -0.3 is 15.3 Å². The Morgan fingerprint density at radius 1 is 1.50 bits per heavy atom. The van der Waals surface area contributed by atoms with E-state index in [0.29, 0.717) is 0 Å². The van der Waals surface area contributed by atoms with E-state index in [1.54, 1.807) is 4.90 Å². The van der Waals surface area contributed by atoms with E-state index < -0.39 is 6.09 Å². The van der Waals surface area contributed by atoms with E-state index in [4.69, 9.17) is 5.11 Å². The van der Waals surface area contributed by atoms with Gasteiger partial charge >= 0.3 is 6.09 Å². The zero-order chi connectivity index (χ0) is 8.60. The van der Waals surface area contributed by atoms with Crippen molar-refractivity contribution >= 4 is 6.09 Å². The van der Waals surface area contributed by atoms with Gasteiger partial charge in [-0.15, -0.1) is 0 Å². The first-order valence-electron chi connectivity index (χ1n) is 4.46. The summed E-state index contributed by atoms with van der Waals surface area (Å²) in [4.78, 5) is 12.3. The molecule has 0 bridgehead atoms. The number of hydrogen-bond donors (Lipinski definition) is 2. The van der Waals surface area contributed by atoms with Crippen molar-refractivity contribution in [3.63, 3.8) is 0 Å². The molecule has 0 aromatic heterocycles. The zero-order valence-corrected chi connectivity index (χ0v) is 7.05. The molecule has 4 nitrogen and oxygen atoms in total. The summed E-state index contributed by atoms with van der Waals surface area (Å²) < 4.78 is 0. The van der Waals surface area contributed by atoms with Crippen LogP contribution in [0.4, 0.5) is 4.79 Å². The highest BCUT2D eigenvalue weighted by molar-refractivity contribution is 5.67. The van der Waals surface area contributed by atoms with Gasteiger partial charge in [0.25, 0.3) is 0 Å². The van der Waals surface area contributed by atoms with Gasteiger partial charge in [-0.3, -0.25) is 0 Å². The summed E-state index contributed by atoms with van der Waals surface area (Å²) in [5.74, 6) is 0. The lowest BCUT2D eigenvalue weighted by Gasteiger charge is -2.53. The molecule has 0 radical (unpaired) electrons. The molecular formula is C8H14N2O2. The smallest absolute Gasteiger partial charge is 0.407 e. The minimum Gasteiger partial charge on any atom is -0.465 e. The van der Waals surface area contributed by atoms with Gasteiger partial charge in [-0.1, -0.05) is 0 Å². The van der Waals surface area contributed by atoms with Crippen LogP contribution in [-0.2, 0) is 0 Å². The fraction of sp³-hybridized carbons (Fsp3) is 0.875. The molecule has 1 atom stereocenters. The van der Waals surface area contributed by atoms with E-state index in [2.05, 4.69) is 5.32 Å². The minimum atomic E-state index is -0.759. The summed E-state index contributed by atoms with van der Waals surface area (Å²) in [7, 11) is 0. The third-order valence-electron chi connectivity index (χ3n) is 3.05. The highest BCUT2D eigenvalue weighted by atomic mass is 16.4. The molecule has 0 saturated carbocycles. The predicted molar refractivity (Wildman–Crippen MR) is 44.2 cm³/mol. The van der Waals surface area contributed by atoms with Gasteiger partial charge in [0.15, 0.2) is 0 Å². The predicted octanol–water partition coefficient (Wildman–Crippen LogP) is 0.492. The van der Waals surface area contributed by atoms with Gasteiger partial charge in [-0.05, 0) is 25.8 Å². The molecule has 2 aliphatic rings. The third-order valence-corrected chi connectivity index (χ3v) is 3.05. The van der Waals surface area contributed by atoms with Crippen LogP contribution < -0.4 is 5.32 Å². The molecule has 2 N–H and O–H groups in total. The molecule has 2 rings (SSSR count). The van der Waals surface area contributed by atoms with Gasteiger partial charge in [-0.2, -0.15) is 0 Å². The van der Waals surface area contributed by atoms with E-state index in [0.717, 1.165) is 38.9 Å². The molecule has 68 valence electrons. The number of hydrogen-bond acceptors (Lipinski definition) is 2. The molecule has 1 spiro atoms. The van der Waals surface area contributed by atoms with E-state index >= 15 is 0 Å². The molecule has 0 aliphatic carbocycles. The molecule has 1 amide bonds. The number of piperidine rings is 1. The van der Waals surface area contributed by atoms with Gasteiger partial charge in [-0.25, -0.2) is 4.79 Å². The maximum Gasteiger partial charge on any atom is 0.407 e. The average Bonchev–Trinajstić information content (AvgIpc) is 2.03. The van der Waals surface area contributed by atoms with E-state index in [1.165, 1.54) is 0 Å². The van der Waals surface area contributed by atoms with Crippen LogP contribution in [0, 0.1) is 0 Å². The van der Waals surface area contributed by atoms with Crippen LogP contribution in [-0.4, -0.2) is 41.3 Å². The van der Waals surface area contributed by atoms with Crippen LogP contribution in [0.2, 0.25) is 0 Å². The molecule has 2 heterocycles. The van der Waals surface area contributed by atoms with E-state index in [-0.39, 0.29) is 5.54 Å². The standard InChI is InChI=1S/C8H14N2O2/c11-7(12)10-5-3-8(10)2-1-4-9-6-8/h9H,1-6H2,(H,11,12). The molecule has 12 heavy (non-hydrogen) atoms. The fourth-order valence-electron chi connectivity index (χ4n) is 2.23. The highest BCUT2D eigenvalue weighted by Gasteiger charge is 2.47. The normalized spacial score (nSPS) is 34.8. The quantitative estimate of drug-likeness (QED) is 0.556. The first kappa shape index (κ1) is 7.86. The Morgan fingerprint density at radius 2 is 2.33 bits per heavy atom. The Balaban J connectivity index is 2.05. The Bertz CT molecular complexity index is 199. The lowest BCUT2D eigenvalue weighted by atomic mass is 9.79. The molecular weight excluding hydrogens is 156 g/mol. The number of nitrogens with zero attached hydrogens (tertiary/aromatic N) is 1. The summed E-state index contributed by atoms with van der Waals surface area (Å²) in [6.07, 6.45) is 2.41. The number of carbonyl (C=O) groups is 1. The second-order valence-corrected chi connectivity index (χ2v) is 3.69. The van der Waals surface area contributed by atoms with Crippen LogP contribution in [0.5, 0.6) is 0 Å². The van der Waals surface area contributed by atoms with Crippen molar-refractivity contribution in [2.75, 3.05) is 19.6 Å². The second kappa shape index (κ2) is 2.62. The molecule has 1 unspecified atom stereocenters. The lowest BCUT2D eigenvalue weighted by molar-refractivity contribution is -0.0152. The zero-order valence-electron chi connectivity index (χ0n) is 7.05. The third kappa shape index (κ3) is 0.982. The molecule has 0 aromatic rings. The van der Waals surface area contributed by atoms with Crippen molar-refractivity contribution in [1.29, 1.82) is 0 Å². The maximum atomic E-state index is 10.8. The lowest BCUT2D eigenvalue weighted by Crippen LogP contribution is -2.67. The van der Waals surface area contributed by atoms with E-state index in [9.17, 15) is 4.79 Å². The Labute approximate surface area is 71.5 Å². The van der Waals surface area contributed by atoms with Crippen molar-refractivity contribution < 1.29 is 9.90 Å². The molecule has 4 heteroatoms. The first-order valence-corrected chi connectivity index (χ1v) is 4.46. The number of carboxylic acid groups (broad SMARTS) is 1. The number of rotatable bonds is 0. The number of likely N-dealkylation sites (tertiary alicyclic amines) is 1. The summed E-state index contributed by atoms with van der Waals surface area (Å²) in [6.45, 7) is 2.60. The SMILES string of the molecule is O=C(O)N1CCC12CCCNC2. The van der Waals surface area contributed by atoms with Crippen molar-refractivity contribution in [3.8, 4) is 0 Å². The minimum absolute atomic E-state index is 0.0376. The monoisotopic (exact) mass is 170 g/mol. The van der Waals surface area contributed by atoms with Crippen LogP contribution >= 0.6 is 0 Å². The van der Waals surface area contributed by atoms with Crippen molar-refractivity contribution in [2.45, 2.75) is 24.8 Å². The molecule has 2 saturated heterocycles. The summed E-state index contributed by atoms with van der Waals surface area (Å²) in [6, 6.07) is 0. The van der Waals surface area contributed by atoms with Gasteiger partial charge in [0.05, 0.1) is 5.54 Å². The van der Waals surface area contributed by atoms with Crippen LogP contribution in [0.25, 0.3) is 0 Å². The maximum absolute atomic E-state index is 10.8. The largest absolute Gasteiger partial charge is 0.465 e. The van der Waals surface area contributed by atoms with Crippen molar-refractivity contribution in [1.82, 2.24) is 10.2 Å². The second-order valence-electron chi connectivity index (χ2n) is 3.69. The topological polar surface area (TPSA) is 52.6 Å². The summed E-state index contributed by atoms with van der Waals surface area (Å²) >= 11 is 0. The Hall–Kier alpha value is -0.770. The van der Waals surface area contributed by atoms with Gasteiger partial charge in [0, 0.05) is 13.1 Å². The Morgan fingerprint density at radius 3 is 2.75 bits per heavy atom. The molecule has 2 aliphatic heterocycles. The van der Waals surface area contributed by atoms with Crippen molar-refractivity contribution in [3.05, 3.63) is 0 Å². The van der Waals surface area contributed by atoms with Gasteiger partial charge in [0.2, 0.25) is 0 Å². The first-order chi connectivity index (χ1) is 5.75. The van der Waals surface area contributed by atoms with Crippen molar-refractivity contribution in [2.24, 2.45) is 0 Å². The number of nitrogens with one attached hydrogen (secondary N) is 1. The van der Waals surface area contributed by atoms with Crippen LogP contribution in [0.1, 0.15) is 19.3 Å². The summed E-state index contributed by atoms with van der Waals surface area (Å²) in [5, 5.41) is 12.1. The fourth-order valence-corrected chi connectivity index (χ4v) is 2.23. The van der Waals surface area contributed by atoms with E-state index in [1.807, 2.05) is 0 Å².